The molecule has 0 unspecified atom stereocenters. The molecule has 0 spiro atoms. The highest BCUT2D eigenvalue weighted by molar-refractivity contribution is 5.98. The van der Waals surface area contributed by atoms with Gasteiger partial charge in [0, 0.05) is 12.4 Å². The topological polar surface area (TPSA) is 91.0 Å². The number of pyridine rings is 1. The molecule has 0 amide bonds. The van der Waals surface area contributed by atoms with Crippen molar-refractivity contribution < 1.29 is 0 Å². The van der Waals surface area contributed by atoms with Crippen LogP contribution in [0, 0.1) is 0 Å². The van der Waals surface area contributed by atoms with E-state index in [0.29, 0.717) is 11.4 Å². The lowest BCUT2D eigenvalue weighted by Gasteiger charge is -1.98. The second-order valence-corrected chi connectivity index (χ2v) is 6.38. The number of fused-ring (bicyclic) bond motifs is 2. The van der Waals surface area contributed by atoms with Gasteiger partial charge in [0.05, 0.1) is 32.9 Å². The molecule has 5 aromatic rings. The monoisotopic (exact) mass is 369 g/mol. The average molecular weight is 369 g/mol. The molecule has 7 heteroatoms. The Morgan fingerprint density at radius 3 is 1.36 bits per heavy atom. The van der Waals surface area contributed by atoms with Crippen LogP contribution in [0.5, 0.6) is 0 Å². The van der Waals surface area contributed by atoms with E-state index < -0.39 is 22.2 Å². The number of aromatic nitrogens is 3. The summed E-state index contributed by atoms with van der Waals surface area (Å²) in [5.74, 6) is 0. The predicted octanol–water partition coefficient (Wildman–Crippen LogP) is 1.29. The molecule has 0 fully saturated rings. The third-order valence-electron chi connectivity index (χ3n) is 4.83. The zero-order chi connectivity index (χ0) is 19.4. The first-order valence-corrected chi connectivity index (χ1v) is 8.48. The van der Waals surface area contributed by atoms with Gasteiger partial charge in [0.1, 0.15) is 0 Å². The standard InChI is InChI=1S/C21H11N3O4/c25-18-14-10-16-17(21(28)24(20(16)27)13-6-8-22-9-7-13)11-15(14)19(26)23(18)12-4-2-1-3-5-12/h1-11H. The molecule has 0 aliphatic rings. The summed E-state index contributed by atoms with van der Waals surface area (Å²) in [5, 5.41) is 0.448. The highest BCUT2D eigenvalue weighted by Crippen LogP contribution is 2.17. The normalized spacial score (nSPS) is 11.4. The first-order chi connectivity index (χ1) is 13.6. The molecule has 0 saturated carbocycles. The van der Waals surface area contributed by atoms with Crippen molar-refractivity contribution in [1.29, 1.82) is 0 Å². The van der Waals surface area contributed by atoms with E-state index >= 15 is 0 Å². The molecule has 28 heavy (non-hydrogen) atoms. The van der Waals surface area contributed by atoms with Crippen LogP contribution in [0.15, 0.2) is 86.2 Å². The van der Waals surface area contributed by atoms with Gasteiger partial charge < -0.3 is 0 Å². The van der Waals surface area contributed by atoms with Gasteiger partial charge in [-0.05, 0) is 36.4 Å². The highest BCUT2D eigenvalue weighted by Gasteiger charge is 2.20. The number of rotatable bonds is 2. The van der Waals surface area contributed by atoms with Gasteiger partial charge in [-0.3, -0.25) is 24.2 Å². The molecular weight excluding hydrogens is 358 g/mol. The van der Waals surface area contributed by atoms with Crippen molar-refractivity contribution in [3.8, 4) is 11.4 Å². The zero-order valence-corrected chi connectivity index (χ0v) is 14.3. The van der Waals surface area contributed by atoms with Gasteiger partial charge in [0.2, 0.25) is 0 Å². The van der Waals surface area contributed by atoms with Crippen LogP contribution in [-0.2, 0) is 0 Å². The van der Waals surface area contributed by atoms with Crippen LogP contribution in [0.3, 0.4) is 0 Å². The third kappa shape index (κ3) is 2.07. The molecule has 134 valence electrons. The molecule has 0 atom stereocenters. The minimum absolute atomic E-state index is 0.108. The fraction of sp³-hybridized carbons (Fsp3) is 0. The lowest BCUT2D eigenvalue weighted by molar-refractivity contribution is 0.984. The lowest BCUT2D eigenvalue weighted by atomic mass is 10.1. The largest absolute Gasteiger partial charge is 0.268 e. The summed E-state index contributed by atoms with van der Waals surface area (Å²) in [6.07, 6.45) is 2.95. The van der Waals surface area contributed by atoms with Crippen molar-refractivity contribution in [3.63, 3.8) is 0 Å². The molecule has 0 aliphatic heterocycles. The lowest BCUT2D eigenvalue weighted by Crippen LogP contribution is -2.24. The predicted molar refractivity (Wildman–Crippen MR) is 105 cm³/mol. The van der Waals surface area contributed by atoms with Crippen molar-refractivity contribution in [2.75, 3.05) is 0 Å². The van der Waals surface area contributed by atoms with Crippen LogP contribution >= 0.6 is 0 Å². The fourth-order valence-electron chi connectivity index (χ4n) is 3.51. The summed E-state index contributed by atoms with van der Waals surface area (Å²) in [4.78, 5) is 55.2. The van der Waals surface area contributed by atoms with Gasteiger partial charge >= 0.3 is 0 Å². The molecule has 7 nitrogen and oxygen atoms in total. The molecule has 0 radical (unpaired) electrons. The van der Waals surface area contributed by atoms with E-state index in [0.717, 1.165) is 9.13 Å². The molecule has 3 heterocycles. The van der Waals surface area contributed by atoms with E-state index in [4.69, 9.17) is 0 Å². The fourth-order valence-corrected chi connectivity index (χ4v) is 3.51. The Bertz CT molecular complexity index is 1380. The van der Waals surface area contributed by atoms with Crippen molar-refractivity contribution in [2.45, 2.75) is 0 Å². The van der Waals surface area contributed by atoms with Crippen molar-refractivity contribution >= 4 is 21.5 Å². The zero-order valence-electron chi connectivity index (χ0n) is 14.3. The summed E-state index contributed by atoms with van der Waals surface area (Å²) < 4.78 is 2.07. The second-order valence-electron chi connectivity index (χ2n) is 6.38. The Hall–Kier alpha value is -4.13. The van der Waals surface area contributed by atoms with Crippen molar-refractivity contribution in [1.82, 2.24) is 14.1 Å². The SMILES string of the molecule is O=c1c2cc3c(=O)n(-c4ccncc4)c(=O)c3cc2c(=O)n1-c1ccccc1. The first-order valence-electron chi connectivity index (χ1n) is 8.48. The third-order valence-corrected chi connectivity index (χ3v) is 4.83. The van der Waals surface area contributed by atoms with Gasteiger partial charge in [-0.1, -0.05) is 18.2 Å². The number of hydrogen-bond donors (Lipinski definition) is 0. The summed E-state index contributed by atoms with van der Waals surface area (Å²) in [6.45, 7) is 0. The van der Waals surface area contributed by atoms with Crippen molar-refractivity contribution in [2.24, 2.45) is 0 Å². The summed E-state index contributed by atoms with van der Waals surface area (Å²) in [7, 11) is 0. The van der Waals surface area contributed by atoms with Gasteiger partial charge in [-0.15, -0.1) is 0 Å². The Morgan fingerprint density at radius 2 is 0.929 bits per heavy atom. The molecule has 5 rings (SSSR count). The average Bonchev–Trinajstić information content (AvgIpc) is 3.12. The number of hydrogen-bond acceptors (Lipinski definition) is 5. The van der Waals surface area contributed by atoms with Gasteiger partial charge in [-0.25, -0.2) is 9.13 Å². The Labute approximate surface area is 156 Å². The van der Waals surface area contributed by atoms with Crippen LogP contribution in [0.2, 0.25) is 0 Å². The number of nitrogens with zero attached hydrogens (tertiary/aromatic N) is 3. The van der Waals surface area contributed by atoms with E-state index in [1.165, 1.54) is 24.5 Å². The van der Waals surface area contributed by atoms with Gasteiger partial charge in [-0.2, -0.15) is 0 Å². The maximum absolute atomic E-state index is 12.8. The minimum atomic E-state index is -0.535. The first kappa shape index (κ1) is 16.1. The maximum atomic E-state index is 12.8. The molecule has 0 N–H and O–H groups in total. The number of para-hydroxylation sites is 1. The Morgan fingerprint density at radius 1 is 0.536 bits per heavy atom. The molecule has 2 aromatic carbocycles. The molecule has 3 aromatic heterocycles. The smallest absolute Gasteiger partial charge is 0.266 e. The van der Waals surface area contributed by atoms with E-state index in [2.05, 4.69) is 4.98 Å². The quantitative estimate of drug-likeness (QED) is 0.468. The van der Waals surface area contributed by atoms with Crippen LogP contribution < -0.4 is 22.2 Å². The van der Waals surface area contributed by atoms with Gasteiger partial charge in [0.15, 0.2) is 0 Å². The molecule has 0 bridgehead atoms. The van der Waals surface area contributed by atoms with Crippen molar-refractivity contribution in [3.05, 3.63) is 108 Å². The highest BCUT2D eigenvalue weighted by atomic mass is 16.2. The van der Waals surface area contributed by atoms with E-state index in [1.807, 2.05) is 0 Å². The van der Waals surface area contributed by atoms with Crippen LogP contribution in [0.4, 0.5) is 0 Å². The van der Waals surface area contributed by atoms with E-state index in [1.54, 1.807) is 42.5 Å². The van der Waals surface area contributed by atoms with E-state index in [-0.39, 0.29) is 21.5 Å². The minimum Gasteiger partial charge on any atom is -0.268 e. The summed E-state index contributed by atoms with van der Waals surface area (Å²) >= 11 is 0. The molecule has 0 aliphatic carbocycles. The Balaban J connectivity index is 1.89. The Kier molecular flexibility index (Phi) is 3.26. The van der Waals surface area contributed by atoms with Crippen LogP contribution in [0.1, 0.15) is 0 Å². The van der Waals surface area contributed by atoms with Crippen LogP contribution in [0.25, 0.3) is 32.9 Å². The van der Waals surface area contributed by atoms with E-state index in [9.17, 15) is 19.2 Å². The summed E-state index contributed by atoms with van der Waals surface area (Å²) in [6, 6.07) is 14.3. The number of benzene rings is 2. The summed E-state index contributed by atoms with van der Waals surface area (Å²) in [5.41, 5.74) is -1.29. The maximum Gasteiger partial charge on any atom is 0.266 e. The second kappa shape index (κ2) is 5.68. The molecule has 0 saturated heterocycles. The molecular formula is C21H11N3O4. The van der Waals surface area contributed by atoms with Crippen LogP contribution in [-0.4, -0.2) is 14.1 Å². The van der Waals surface area contributed by atoms with Gasteiger partial charge in [0.25, 0.3) is 22.2 Å².